The normalized spacial score (nSPS) is 24.4. The smallest absolute Gasteiger partial charge is 0.326 e. The minimum Gasteiger partial charge on any atom is -0.365 e. The molecule has 0 radical (unpaired) electrons. The molecule has 0 aliphatic carbocycles. The Balaban J connectivity index is 1.49. The number of aromatic nitrogens is 1. The van der Waals surface area contributed by atoms with Crippen LogP contribution >= 0.6 is 11.3 Å². The van der Waals surface area contributed by atoms with Gasteiger partial charge in [-0.2, -0.15) is 0 Å². The Morgan fingerprint density at radius 2 is 2.10 bits per heavy atom. The molecule has 2 fully saturated rings. The average Bonchev–Trinajstić information content (AvgIpc) is 3.33. The standard InChI is InChI=1S/C20H24N6O3S/c1-24-8-5-11(9-24)19(28)25-7-2-3-12(10-25)26-15-14-13(23-20(26)29)4-6-22-18(14)30-16(15)17(21)27/h4,6,11-12H,2-3,5,7-10H2,1H3,(H2,21,27)(H,23,29)/t11-,12-/m1/s1. The van der Waals surface area contributed by atoms with Crippen molar-refractivity contribution in [1.29, 1.82) is 0 Å². The van der Waals surface area contributed by atoms with Gasteiger partial charge in [0.25, 0.3) is 5.91 Å². The van der Waals surface area contributed by atoms with Gasteiger partial charge in [0.05, 0.1) is 28.7 Å². The number of hydrogen-bond acceptors (Lipinski definition) is 6. The van der Waals surface area contributed by atoms with Crippen molar-refractivity contribution in [2.24, 2.45) is 11.7 Å². The number of piperidine rings is 1. The maximum atomic E-state index is 13.1. The van der Waals surface area contributed by atoms with Gasteiger partial charge in [0.15, 0.2) is 0 Å². The van der Waals surface area contributed by atoms with Crippen molar-refractivity contribution in [3.05, 3.63) is 17.1 Å². The van der Waals surface area contributed by atoms with E-state index in [-0.39, 0.29) is 23.9 Å². The monoisotopic (exact) mass is 428 g/mol. The number of pyridine rings is 1. The molecule has 5 rings (SSSR count). The molecule has 4 amide bonds. The van der Waals surface area contributed by atoms with Crippen LogP contribution in [0.5, 0.6) is 0 Å². The van der Waals surface area contributed by atoms with Gasteiger partial charge in [-0.25, -0.2) is 9.78 Å². The molecule has 5 heterocycles. The first-order chi connectivity index (χ1) is 14.4. The van der Waals surface area contributed by atoms with Crippen molar-refractivity contribution in [1.82, 2.24) is 14.8 Å². The Hall–Kier alpha value is -2.72. The largest absolute Gasteiger partial charge is 0.365 e. The second-order valence-electron chi connectivity index (χ2n) is 8.31. The summed E-state index contributed by atoms with van der Waals surface area (Å²) < 4.78 is 0. The molecule has 2 atom stereocenters. The lowest BCUT2D eigenvalue weighted by molar-refractivity contribution is -0.136. The molecule has 3 aliphatic rings. The number of nitrogens with zero attached hydrogens (tertiary/aromatic N) is 4. The highest BCUT2D eigenvalue weighted by atomic mass is 32.1. The quantitative estimate of drug-likeness (QED) is 0.773. The molecule has 0 bridgehead atoms. The molecule has 0 saturated carbocycles. The molecule has 158 valence electrons. The molecule has 2 aromatic rings. The number of likely N-dealkylation sites (tertiary alicyclic amines) is 2. The third-order valence-electron chi connectivity index (χ3n) is 6.31. The van der Waals surface area contributed by atoms with Gasteiger partial charge in [-0.05, 0) is 38.9 Å². The molecule has 10 heteroatoms. The van der Waals surface area contributed by atoms with Gasteiger partial charge in [0, 0.05) is 25.8 Å². The van der Waals surface area contributed by atoms with Gasteiger partial charge in [0.1, 0.15) is 9.71 Å². The molecular weight excluding hydrogens is 404 g/mol. The van der Waals surface area contributed by atoms with Crippen LogP contribution in [0.4, 0.5) is 16.2 Å². The third kappa shape index (κ3) is 3.02. The van der Waals surface area contributed by atoms with E-state index in [1.165, 1.54) is 11.3 Å². The number of nitrogens with two attached hydrogens (primary N) is 1. The number of hydrogen-bond donors (Lipinski definition) is 2. The minimum atomic E-state index is -0.573. The summed E-state index contributed by atoms with van der Waals surface area (Å²) in [7, 11) is 2.03. The van der Waals surface area contributed by atoms with Crippen molar-refractivity contribution >= 4 is 50.8 Å². The van der Waals surface area contributed by atoms with Gasteiger partial charge >= 0.3 is 6.03 Å². The predicted molar refractivity (Wildman–Crippen MR) is 115 cm³/mol. The van der Waals surface area contributed by atoms with E-state index in [0.717, 1.165) is 37.7 Å². The van der Waals surface area contributed by atoms with Crippen LogP contribution in [-0.2, 0) is 4.79 Å². The van der Waals surface area contributed by atoms with Crippen LogP contribution < -0.4 is 16.0 Å². The first-order valence-corrected chi connectivity index (χ1v) is 11.0. The minimum absolute atomic E-state index is 0.0166. The number of anilines is 2. The van der Waals surface area contributed by atoms with Crippen molar-refractivity contribution in [3.63, 3.8) is 0 Å². The average molecular weight is 429 g/mol. The second-order valence-corrected chi connectivity index (χ2v) is 9.31. The van der Waals surface area contributed by atoms with Gasteiger partial charge in [-0.15, -0.1) is 11.3 Å². The number of carbonyl (C=O) groups is 3. The van der Waals surface area contributed by atoms with Crippen molar-refractivity contribution in [3.8, 4) is 0 Å². The van der Waals surface area contributed by atoms with E-state index in [1.54, 1.807) is 17.2 Å². The number of amides is 4. The Labute approximate surface area is 177 Å². The van der Waals surface area contributed by atoms with E-state index >= 15 is 0 Å². The number of rotatable bonds is 3. The zero-order chi connectivity index (χ0) is 21.0. The number of thiophene rings is 1. The van der Waals surface area contributed by atoms with Crippen LogP contribution in [0.1, 0.15) is 28.9 Å². The van der Waals surface area contributed by atoms with E-state index in [2.05, 4.69) is 15.2 Å². The van der Waals surface area contributed by atoms with Crippen LogP contribution in [0.15, 0.2) is 12.3 Å². The van der Waals surface area contributed by atoms with Crippen LogP contribution in [0.3, 0.4) is 0 Å². The summed E-state index contributed by atoms with van der Waals surface area (Å²) in [5, 5.41) is 3.67. The third-order valence-corrected chi connectivity index (χ3v) is 7.41. The first-order valence-electron chi connectivity index (χ1n) is 10.2. The predicted octanol–water partition coefficient (Wildman–Crippen LogP) is 1.69. The molecule has 0 unspecified atom stereocenters. The maximum absolute atomic E-state index is 13.1. The molecule has 9 nitrogen and oxygen atoms in total. The topological polar surface area (TPSA) is 112 Å². The first kappa shape index (κ1) is 19.3. The van der Waals surface area contributed by atoms with Crippen LogP contribution in [0, 0.1) is 5.92 Å². The van der Waals surface area contributed by atoms with Gasteiger partial charge in [-0.3, -0.25) is 14.5 Å². The van der Waals surface area contributed by atoms with Gasteiger partial charge in [0.2, 0.25) is 5.91 Å². The Kier molecular flexibility index (Phi) is 4.62. The Bertz CT molecular complexity index is 1050. The van der Waals surface area contributed by atoms with E-state index < -0.39 is 5.91 Å². The van der Waals surface area contributed by atoms with Gasteiger partial charge < -0.3 is 20.9 Å². The molecule has 30 heavy (non-hydrogen) atoms. The molecule has 0 aromatic carbocycles. The lowest BCUT2D eigenvalue weighted by Crippen LogP contribution is -2.55. The van der Waals surface area contributed by atoms with Crippen LogP contribution in [0.2, 0.25) is 0 Å². The highest BCUT2D eigenvalue weighted by Crippen LogP contribution is 2.45. The summed E-state index contributed by atoms with van der Waals surface area (Å²) in [4.78, 5) is 49.4. The highest BCUT2D eigenvalue weighted by Gasteiger charge is 2.40. The van der Waals surface area contributed by atoms with Gasteiger partial charge in [-0.1, -0.05) is 0 Å². The number of nitrogens with one attached hydrogen (secondary N) is 1. The Morgan fingerprint density at radius 3 is 2.83 bits per heavy atom. The zero-order valence-electron chi connectivity index (χ0n) is 16.8. The van der Waals surface area contributed by atoms with Crippen molar-refractivity contribution < 1.29 is 14.4 Å². The highest BCUT2D eigenvalue weighted by molar-refractivity contribution is 7.21. The summed E-state index contributed by atoms with van der Waals surface area (Å²) in [6.45, 7) is 2.86. The van der Waals surface area contributed by atoms with Crippen LogP contribution in [0.25, 0.3) is 10.2 Å². The molecule has 0 spiro atoms. The fourth-order valence-corrected chi connectivity index (χ4v) is 5.91. The fourth-order valence-electron chi connectivity index (χ4n) is 4.89. The maximum Gasteiger partial charge on any atom is 0.326 e. The summed E-state index contributed by atoms with van der Waals surface area (Å²) in [6, 6.07) is 1.22. The number of carbonyl (C=O) groups excluding carboxylic acids is 3. The fraction of sp³-hybridized carbons (Fsp3) is 0.500. The summed E-state index contributed by atoms with van der Waals surface area (Å²) in [6.07, 6.45) is 4.05. The zero-order valence-corrected chi connectivity index (χ0v) is 17.6. The molecule has 2 aromatic heterocycles. The molecular formula is C20H24N6O3S. The van der Waals surface area contributed by atoms with Crippen LogP contribution in [-0.4, -0.2) is 71.9 Å². The van der Waals surface area contributed by atoms with E-state index in [4.69, 9.17) is 5.73 Å². The summed E-state index contributed by atoms with van der Waals surface area (Å²) in [5.41, 5.74) is 6.83. The lowest BCUT2D eigenvalue weighted by atomic mass is 9.99. The molecule has 3 N–H and O–H groups in total. The second kappa shape index (κ2) is 7.21. The summed E-state index contributed by atoms with van der Waals surface area (Å²) in [5.74, 6) is -0.395. The lowest BCUT2D eigenvalue weighted by Gasteiger charge is -2.41. The molecule has 2 saturated heterocycles. The van der Waals surface area contributed by atoms with Crippen molar-refractivity contribution in [2.45, 2.75) is 25.3 Å². The SMILES string of the molecule is CN1CC[C@@H](C(=O)N2CCC[C@@H](N3C(=O)Nc4ccnc5sc(C(N)=O)c3c45)C2)C1. The summed E-state index contributed by atoms with van der Waals surface area (Å²) >= 11 is 1.20. The van der Waals surface area contributed by atoms with E-state index in [0.29, 0.717) is 34.2 Å². The molecule has 3 aliphatic heterocycles. The number of urea groups is 1. The Morgan fingerprint density at radius 1 is 1.27 bits per heavy atom. The number of primary amides is 1. The van der Waals surface area contributed by atoms with Crippen molar-refractivity contribution in [2.75, 3.05) is 43.4 Å². The van der Waals surface area contributed by atoms with E-state index in [1.807, 2.05) is 11.9 Å². The van der Waals surface area contributed by atoms with E-state index in [9.17, 15) is 14.4 Å².